The van der Waals surface area contributed by atoms with Crippen LogP contribution in [0.15, 0.2) is 12.2 Å². The second-order valence-electron chi connectivity index (χ2n) is 6.49. The van der Waals surface area contributed by atoms with Gasteiger partial charge in [0, 0.05) is 51.4 Å². The lowest BCUT2D eigenvalue weighted by molar-refractivity contribution is -0.139. The molecule has 0 radical (unpaired) electrons. The van der Waals surface area contributed by atoms with Crippen LogP contribution in [0.4, 0.5) is 0 Å². The van der Waals surface area contributed by atoms with Gasteiger partial charge in [0.25, 0.3) is 0 Å². The van der Waals surface area contributed by atoms with Crippen molar-refractivity contribution in [3.05, 3.63) is 12.2 Å². The van der Waals surface area contributed by atoms with Gasteiger partial charge in [-0.1, -0.05) is 6.58 Å². The molecule has 0 fully saturated rings. The second kappa shape index (κ2) is 12.4. The Labute approximate surface area is 152 Å². The van der Waals surface area contributed by atoms with E-state index in [1.54, 1.807) is 6.92 Å². The van der Waals surface area contributed by atoms with Crippen molar-refractivity contribution in [3.63, 3.8) is 0 Å². The van der Waals surface area contributed by atoms with Crippen LogP contribution in [-0.2, 0) is 19.6 Å². The molecule has 0 aliphatic heterocycles. The molecular formula is C16H34N4O4S. The Morgan fingerprint density at radius 1 is 0.960 bits per heavy atom. The van der Waals surface area contributed by atoms with Crippen LogP contribution in [-0.4, -0.2) is 109 Å². The van der Waals surface area contributed by atoms with E-state index < -0.39 is 10.0 Å². The van der Waals surface area contributed by atoms with Gasteiger partial charge in [0.15, 0.2) is 0 Å². The van der Waals surface area contributed by atoms with Crippen LogP contribution >= 0.6 is 0 Å². The number of hydrogen-bond donors (Lipinski definition) is 1. The first-order valence-electron chi connectivity index (χ1n) is 8.34. The van der Waals surface area contributed by atoms with Gasteiger partial charge in [0.05, 0.1) is 6.26 Å². The molecule has 8 nitrogen and oxygen atoms in total. The summed E-state index contributed by atoms with van der Waals surface area (Å²) >= 11 is 0. The Morgan fingerprint density at radius 3 is 1.84 bits per heavy atom. The number of hydrogen-bond acceptors (Lipinski definition) is 7. The minimum Gasteiger partial charge on any atom is -0.461 e. The first-order chi connectivity index (χ1) is 11.5. The molecule has 0 aliphatic carbocycles. The SMILES string of the molecule is C=C(C)C(=O)OCCN(C)CCN(C)CCN(C)CCNS(C)(=O)=O. The van der Waals surface area contributed by atoms with Crippen LogP contribution in [0.3, 0.4) is 0 Å². The lowest BCUT2D eigenvalue weighted by Gasteiger charge is -2.24. The van der Waals surface area contributed by atoms with E-state index in [2.05, 4.69) is 33.0 Å². The molecule has 0 aliphatic rings. The topological polar surface area (TPSA) is 82.2 Å². The Kier molecular flexibility index (Phi) is 11.9. The largest absolute Gasteiger partial charge is 0.461 e. The van der Waals surface area contributed by atoms with Gasteiger partial charge in [0.2, 0.25) is 10.0 Å². The molecule has 9 heteroatoms. The summed E-state index contributed by atoms with van der Waals surface area (Å²) in [7, 11) is 2.90. The summed E-state index contributed by atoms with van der Waals surface area (Å²) in [6, 6.07) is 0. The minimum absolute atomic E-state index is 0.348. The number of likely N-dealkylation sites (N-methyl/N-ethyl adjacent to an activating group) is 3. The average Bonchev–Trinajstić information content (AvgIpc) is 2.49. The zero-order valence-corrected chi connectivity index (χ0v) is 17.1. The number of ether oxygens (including phenoxy) is 1. The molecule has 0 aromatic carbocycles. The molecule has 148 valence electrons. The summed E-state index contributed by atoms with van der Waals surface area (Å²) in [6.45, 7) is 10.9. The number of carbonyl (C=O) groups is 1. The maximum absolute atomic E-state index is 11.3. The summed E-state index contributed by atoms with van der Waals surface area (Å²) in [5.41, 5.74) is 0.415. The van der Waals surface area contributed by atoms with E-state index in [1.807, 2.05) is 14.1 Å². The summed E-state index contributed by atoms with van der Waals surface area (Å²) in [4.78, 5) is 17.7. The van der Waals surface area contributed by atoms with Gasteiger partial charge in [-0.05, 0) is 28.1 Å². The van der Waals surface area contributed by atoms with E-state index in [9.17, 15) is 13.2 Å². The predicted octanol–water partition coefficient (Wildman–Crippen LogP) is -0.550. The van der Waals surface area contributed by atoms with Crippen LogP contribution in [0.1, 0.15) is 6.92 Å². The third-order valence-electron chi connectivity index (χ3n) is 3.64. The predicted molar refractivity (Wildman–Crippen MR) is 101 cm³/mol. The molecular weight excluding hydrogens is 344 g/mol. The van der Waals surface area contributed by atoms with Crippen molar-refractivity contribution in [2.75, 3.05) is 79.8 Å². The summed E-state index contributed by atoms with van der Waals surface area (Å²) in [5, 5.41) is 0. The highest BCUT2D eigenvalue weighted by molar-refractivity contribution is 7.88. The summed E-state index contributed by atoms with van der Waals surface area (Å²) in [6.07, 6.45) is 1.16. The molecule has 0 spiro atoms. The van der Waals surface area contributed by atoms with Crippen LogP contribution < -0.4 is 4.72 Å². The number of carbonyl (C=O) groups excluding carboxylic acids is 1. The smallest absolute Gasteiger partial charge is 0.333 e. The highest BCUT2D eigenvalue weighted by atomic mass is 32.2. The van der Waals surface area contributed by atoms with Crippen molar-refractivity contribution in [2.24, 2.45) is 0 Å². The number of nitrogens with zero attached hydrogens (tertiary/aromatic N) is 3. The number of rotatable bonds is 14. The van der Waals surface area contributed by atoms with E-state index in [0.29, 0.717) is 31.8 Å². The molecule has 0 unspecified atom stereocenters. The molecule has 0 amide bonds. The molecule has 0 saturated heterocycles. The van der Waals surface area contributed by atoms with Gasteiger partial charge in [-0.25, -0.2) is 17.9 Å². The molecule has 0 bridgehead atoms. The van der Waals surface area contributed by atoms with E-state index in [4.69, 9.17) is 4.74 Å². The Morgan fingerprint density at radius 2 is 1.40 bits per heavy atom. The van der Waals surface area contributed by atoms with Gasteiger partial charge >= 0.3 is 5.97 Å². The van der Waals surface area contributed by atoms with Gasteiger partial charge in [-0.15, -0.1) is 0 Å². The number of sulfonamides is 1. The Bertz CT molecular complexity index is 510. The lowest BCUT2D eigenvalue weighted by atomic mass is 10.4. The maximum atomic E-state index is 11.3. The first kappa shape index (κ1) is 24.0. The van der Waals surface area contributed by atoms with E-state index in [1.165, 1.54) is 0 Å². The van der Waals surface area contributed by atoms with Gasteiger partial charge in [-0.2, -0.15) is 0 Å². The quantitative estimate of drug-likeness (QED) is 0.321. The van der Waals surface area contributed by atoms with Gasteiger partial charge in [0.1, 0.15) is 6.61 Å². The molecule has 0 saturated carbocycles. The van der Waals surface area contributed by atoms with Crippen LogP contribution in [0.25, 0.3) is 0 Å². The van der Waals surface area contributed by atoms with Crippen molar-refractivity contribution < 1.29 is 17.9 Å². The fraction of sp³-hybridized carbons (Fsp3) is 0.812. The maximum Gasteiger partial charge on any atom is 0.333 e. The average molecular weight is 379 g/mol. The molecule has 0 heterocycles. The van der Waals surface area contributed by atoms with Crippen molar-refractivity contribution in [2.45, 2.75) is 6.92 Å². The zero-order valence-electron chi connectivity index (χ0n) is 16.2. The Balaban J connectivity index is 3.76. The second-order valence-corrected chi connectivity index (χ2v) is 8.33. The Hall–Kier alpha value is -1.00. The minimum atomic E-state index is -3.12. The van der Waals surface area contributed by atoms with E-state index in [-0.39, 0.29) is 5.97 Å². The number of nitrogens with one attached hydrogen (secondary N) is 1. The van der Waals surface area contributed by atoms with Crippen molar-refractivity contribution in [1.29, 1.82) is 0 Å². The first-order valence-corrected chi connectivity index (χ1v) is 10.2. The van der Waals surface area contributed by atoms with Crippen molar-refractivity contribution in [1.82, 2.24) is 19.4 Å². The zero-order chi connectivity index (χ0) is 19.5. The van der Waals surface area contributed by atoms with Crippen LogP contribution in [0, 0.1) is 0 Å². The highest BCUT2D eigenvalue weighted by Crippen LogP contribution is 1.93. The highest BCUT2D eigenvalue weighted by Gasteiger charge is 2.07. The standard InChI is InChI=1S/C16H34N4O4S/c1-15(2)16(21)24-14-13-20(5)12-11-19(4)10-9-18(3)8-7-17-25(6,22)23/h17H,1,7-14H2,2-6H3. The summed E-state index contributed by atoms with van der Waals surface area (Å²) < 4.78 is 29.6. The molecule has 1 N–H and O–H groups in total. The normalized spacial score (nSPS) is 12.2. The molecule has 0 atom stereocenters. The summed E-state index contributed by atoms with van der Waals surface area (Å²) in [5.74, 6) is -0.348. The van der Waals surface area contributed by atoms with Gasteiger partial charge < -0.3 is 19.4 Å². The molecule has 25 heavy (non-hydrogen) atoms. The fourth-order valence-electron chi connectivity index (χ4n) is 1.86. The number of esters is 1. The fourth-order valence-corrected chi connectivity index (χ4v) is 2.32. The molecule has 0 rings (SSSR count). The van der Waals surface area contributed by atoms with Crippen LogP contribution in [0.5, 0.6) is 0 Å². The van der Waals surface area contributed by atoms with Gasteiger partial charge in [-0.3, -0.25) is 0 Å². The molecule has 0 aromatic heterocycles. The monoisotopic (exact) mass is 378 g/mol. The van der Waals surface area contributed by atoms with Crippen molar-refractivity contribution >= 4 is 16.0 Å². The van der Waals surface area contributed by atoms with Crippen LogP contribution in [0.2, 0.25) is 0 Å². The molecule has 0 aromatic rings. The third kappa shape index (κ3) is 15.0. The van der Waals surface area contributed by atoms with E-state index in [0.717, 1.165) is 32.4 Å². The third-order valence-corrected chi connectivity index (χ3v) is 4.37. The van der Waals surface area contributed by atoms with Crippen molar-refractivity contribution in [3.8, 4) is 0 Å². The lowest BCUT2D eigenvalue weighted by Crippen LogP contribution is -2.38. The van der Waals surface area contributed by atoms with E-state index >= 15 is 0 Å².